The summed E-state index contributed by atoms with van der Waals surface area (Å²) in [7, 11) is 2.15. The number of likely N-dealkylation sites (N-methyl/N-ethyl adjacent to an activating group) is 1. The molecule has 2 aromatic rings. The first kappa shape index (κ1) is 19.8. The smallest absolute Gasteiger partial charge is 0.224 e. The Balaban J connectivity index is 1.50. The van der Waals surface area contributed by atoms with Crippen LogP contribution in [0.3, 0.4) is 0 Å². The molecular formula is C24H31N3O2. The van der Waals surface area contributed by atoms with Crippen LogP contribution in [0.25, 0.3) is 0 Å². The molecule has 154 valence electrons. The van der Waals surface area contributed by atoms with E-state index in [2.05, 4.69) is 46.0 Å². The van der Waals surface area contributed by atoms with Crippen molar-refractivity contribution in [1.29, 1.82) is 0 Å². The third kappa shape index (κ3) is 4.73. The zero-order valence-corrected chi connectivity index (χ0v) is 17.5. The van der Waals surface area contributed by atoms with E-state index in [1.807, 2.05) is 37.3 Å². The minimum Gasteiger partial charge on any atom is -0.489 e. The summed E-state index contributed by atoms with van der Waals surface area (Å²) in [4.78, 5) is 19.5. The molecule has 4 rings (SSSR count). The predicted molar refractivity (Wildman–Crippen MR) is 116 cm³/mol. The Morgan fingerprint density at radius 1 is 1.07 bits per heavy atom. The standard InChI is InChI=1S/C24H31N3O2/c1-3-24(28)26-16-15-25(2)17-23(26)27(20-9-10-20)21-11-13-22(14-12-21)29-18-19-7-5-4-6-8-19/h4-8,11-14,20,23H,3,9-10,15-18H2,1-2H3. The molecule has 5 heteroatoms. The maximum Gasteiger partial charge on any atom is 0.224 e. The summed E-state index contributed by atoms with van der Waals surface area (Å²) in [6.45, 7) is 5.15. The lowest BCUT2D eigenvalue weighted by molar-refractivity contribution is -0.135. The average Bonchev–Trinajstić information content (AvgIpc) is 3.59. The number of hydrogen-bond acceptors (Lipinski definition) is 4. The van der Waals surface area contributed by atoms with Gasteiger partial charge in [0.25, 0.3) is 0 Å². The number of nitrogens with zero attached hydrogens (tertiary/aromatic N) is 3. The second-order valence-electron chi connectivity index (χ2n) is 8.09. The lowest BCUT2D eigenvalue weighted by Crippen LogP contribution is -2.61. The van der Waals surface area contributed by atoms with Crippen LogP contribution in [0.2, 0.25) is 0 Å². The minimum atomic E-state index is 0.102. The number of ether oxygens (including phenoxy) is 1. The number of rotatable bonds is 7. The fourth-order valence-corrected chi connectivity index (χ4v) is 4.06. The van der Waals surface area contributed by atoms with E-state index in [0.717, 1.165) is 30.9 Å². The van der Waals surface area contributed by atoms with Crippen molar-refractivity contribution >= 4 is 11.6 Å². The van der Waals surface area contributed by atoms with Crippen molar-refractivity contribution in [3.8, 4) is 5.75 Å². The minimum absolute atomic E-state index is 0.102. The van der Waals surface area contributed by atoms with Crippen LogP contribution in [0, 0.1) is 0 Å². The zero-order valence-electron chi connectivity index (χ0n) is 17.5. The summed E-state index contributed by atoms with van der Waals surface area (Å²) in [6, 6.07) is 19.1. The molecule has 1 saturated carbocycles. The van der Waals surface area contributed by atoms with E-state index in [9.17, 15) is 4.79 Å². The van der Waals surface area contributed by atoms with E-state index < -0.39 is 0 Å². The van der Waals surface area contributed by atoms with Crippen molar-refractivity contribution < 1.29 is 9.53 Å². The Kier molecular flexibility index (Phi) is 6.05. The monoisotopic (exact) mass is 393 g/mol. The molecule has 1 aliphatic carbocycles. The van der Waals surface area contributed by atoms with E-state index in [0.29, 0.717) is 19.1 Å². The number of piperazine rings is 1. The third-order valence-electron chi connectivity index (χ3n) is 5.82. The number of hydrogen-bond donors (Lipinski definition) is 0. The fourth-order valence-electron chi connectivity index (χ4n) is 4.06. The molecule has 0 spiro atoms. The van der Waals surface area contributed by atoms with Crippen LogP contribution in [-0.2, 0) is 11.4 Å². The largest absolute Gasteiger partial charge is 0.489 e. The molecule has 1 amide bonds. The number of amides is 1. The van der Waals surface area contributed by atoms with Crippen molar-refractivity contribution in [2.75, 3.05) is 31.6 Å². The number of anilines is 1. The van der Waals surface area contributed by atoms with Crippen molar-refractivity contribution in [2.45, 2.75) is 45.0 Å². The molecule has 1 unspecified atom stereocenters. The van der Waals surface area contributed by atoms with Crippen LogP contribution in [0.4, 0.5) is 5.69 Å². The van der Waals surface area contributed by atoms with Gasteiger partial charge in [0, 0.05) is 37.8 Å². The van der Waals surface area contributed by atoms with Crippen LogP contribution in [0.15, 0.2) is 54.6 Å². The molecule has 1 atom stereocenters. The topological polar surface area (TPSA) is 36.0 Å². The molecule has 1 heterocycles. The van der Waals surface area contributed by atoms with Gasteiger partial charge in [0.15, 0.2) is 0 Å². The number of benzene rings is 2. The summed E-state index contributed by atoms with van der Waals surface area (Å²) in [5, 5.41) is 0. The number of carbonyl (C=O) groups is 1. The molecule has 2 aliphatic rings. The summed E-state index contributed by atoms with van der Waals surface area (Å²) < 4.78 is 5.95. The molecule has 1 aliphatic heterocycles. The Labute approximate surface area is 173 Å². The molecule has 0 bridgehead atoms. The SMILES string of the molecule is CCC(=O)N1CCN(C)CC1N(c1ccc(OCc2ccccc2)cc1)C1CC1. The molecule has 5 nitrogen and oxygen atoms in total. The van der Waals surface area contributed by atoms with Gasteiger partial charge in [-0.15, -0.1) is 0 Å². The van der Waals surface area contributed by atoms with Crippen molar-refractivity contribution in [1.82, 2.24) is 9.80 Å². The van der Waals surface area contributed by atoms with Crippen LogP contribution in [-0.4, -0.2) is 54.6 Å². The summed E-state index contributed by atoms with van der Waals surface area (Å²) in [5.41, 5.74) is 2.34. The van der Waals surface area contributed by atoms with Gasteiger partial charge in [-0.25, -0.2) is 0 Å². The van der Waals surface area contributed by atoms with Gasteiger partial charge in [-0.2, -0.15) is 0 Å². The highest BCUT2D eigenvalue weighted by atomic mass is 16.5. The summed E-state index contributed by atoms with van der Waals surface area (Å²) in [6.07, 6.45) is 3.05. The Morgan fingerprint density at radius 2 is 1.79 bits per heavy atom. The molecule has 2 aromatic carbocycles. The molecular weight excluding hydrogens is 362 g/mol. The van der Waals surface area contributed by atoms with Crippen LogP contribution in [0.5, 0.6) is 5.75 Å². The lowest BCUT2D eigenvalue weighted by atomic mass is 10.1. The van der Waals surface area contributed by atoms with E-state index >= 15 is 0 Å². The van der Waals surface area contributed by atoms with E-state index in [4.69, 9.17) is 4.74 Å². The third-order valence-corrected chi connectivity index (χ3v) is 5.82. The first-order chi connectivity index (χ1) is 14.2. The molecule has 2 fully saturated rings. The fraction of sp³-hybridized carbons (Fsp3) is 0.458. The molecule has 0 N–H and O–H groups in total. The van der Waals surface area contributed by atoms with Crippen LogP contribution < -0.4 is 9.64 Å². The second-order valence-corrected chi connectivity index (χ2v) is 8.09. The van der Waals surface area contributed by atoms with Crippen molar-refractivity contribution in [3.63, 3.8) is 0 Å². The highest BCUT2D eigenvalue weighted by Crippen LogP contribution is 2.36. The quantitative estimate of drug-likeness (QED) is 0.718. The van der Waals surface area contributed by atoms with Crippen molar-refractivity contribution in [2.24, 2.45) is 0 Å². The van der Waals surface area contributed by atoms with Gasteiger partial charge < -0.3 is 19.4 Å². The van der Waals surface area contributed by atoms with Crippen LogP contribution in [0.1, 0.15) is 31.7 Å². The normalized spacial score (nSPS) is 19.8. The second kappa shape index (κ2) is 8.87. The molecule has 0 radical (unpaired) electrons. The van der Waals surface area contributed by atoms with Crippen LogP contribution >= 0.6 is 0 Å². The lowest BCUT2D eigenvalue weighted by Gasteiger charge is -2.46. The maximum absolute atomic E-state index is 12.6. The highest BCUT2D eigenvalue weighted by Gasteiger charge is 2.40. The first-order valence-electron chi connectivity index (χ1n) is 10.7. The van der Waals surface area contributed by atoms with Gasteiger partial charge in [0.05, 0.1) is 0 Å². The van der Waals surface area contributed by atoms with E-state index in [-0.39, 0.29) is 12.1 Å². The highest BCUT2D eigenvalue weighted by molar-refractivity contribution is 5.77. The van der Waals surface area contributed by atoms with Gasteiger partial charge >= 0.3 is 0 Å². The average molecular weight is 394 g/mol. The van der Waals surface area contributed by atoms with Gasteiger partial charge in [-0.05, 0) is 49.7 Å². The van der Waals surface area contributed by atoms with E-state index in [1.54, 1.807) is 0 Å². The maximum atomic E-state index is 12.6. The predicted octanol–water partition coefficient (Wildman–Crippen LogP) is 3.74. The van der Waals surface area contributed by atoms with E-state index in [1.165, 1.54) is 18.5 Å². The van der Waals surface area contributed by atoms with Gasteiger partial charge in [-0.1, -0.05) is 37.3 Å². The Bertz CT molecular complexity index is 805. The van der Waals surface area contributed by atoms with Gasteiger partial charge in [-0.3, -0.25) is 4.79 Å². The summed E-state index contributed by atoms with van der Waals surface area (Å²) >= 11 is 0. The molecule has 1 saturated heterocycles. The Morgan fingerprint density at radius 3 is 2.45 bits per heavy atom. The molecule has 0 aromatic heterocycles. The molecule has 29 heavy (non-hydrogen) atoms. The van der Waals surface area contributed by atoms with Gasteiger partial charge in [0.1, 0.15) is 18.5 Å². The number of carbonyl (C=O) groups excluding carboxylic acids is 1. The van der Waals surface area contributed by atoms with Crippen molar-refractivity contribution in [3.05, 3.63) is 60.2 Å². The van der Waals surface area contributed by atoms with Gasteiger partial charge in [0.2, 0.25) is 5.91 Å². The summed E-state index contributed by atoms with van der Waals surface area (Å²) in [5.74, 6) is 1.12. The first-order valence-corrected chi connectivity index (χ1v) is 10.7. The zero-order chi connectivity index (χ0) is 20.2. The Hall–Kier alpha value is -2.53.